The van der Waals surface area contributed by atoms with Gasteiger partial charge in [0.25, 0.3) is 0 Å². The lowest BCUT2D eigenvalue weighted by molar-refractivity contribution is -0.144. The van der Waals surface area contributed by atoms with Crippen molar-refractivity contribution in [2.45, 2.75) is 0 Å². The van der Waals surface area contributed by atoms with Gasteiger partial charge in [0.1, 0.15) is 0 Å². The molecule has 8 heteroatoms. The van der Waals surface area contributed by atoms with Gasteiger partial charge in [-0.05, 0) is 24.3 Å². The van der Waals surface area contributed by atoms with Crippen LogP contribution in [0.1, 0.15) is 10.4 Å². The number of rotatable bonds is 7. The number of esters is 2. The number of nitrogens with zero attached hydrogens (tertiary/aromatic N) is 1. The number of hydrogen-bond acceptors (Lipinski definition) is 8. The van der Waals surface area contributed by atoms with E-state index in [2.05, 4.69) is 9.72 Å². The molecule has 1 heterocycles. The fourth-order valence-electron chi connectivity index (χ4n) is 2.98. The summed E-state index contributed by atoms with van der Waals surface area (Å²) >= 11 is 0. The first kappa shape index (κ1) is 20.9. The van der Waals surface area contributed by atoms with Gasteiger partial charge >= 0.3 is 11.9 Å². The van der Waals surface area contributed by atoms with Gasteiger partial charge in [-0.25, -0.2) is 14.6 Å². The minimum Gasteiger partial charge on any atom is -0.493 e. The van der Waals surface area contributed by atoms with Gasteiger partial charge < -0.3 is 23.7 Å². The van der Waals surface area contributed by atoms with Crippen LogP contribution in [-0.4, -0.2) is 52.0 Å². The summed E-state index contributed by atoms with van der Waals surface area (Å²) in [5.41, 5.74) is 2.01. The minimum absolute atomic E-state index is 0.272. The number of carbonyl (C=O) groups excluding carboxylic acids is 2. The minimum atomic E-state index is -0.660. The number of methoxy groups -OCH3 is 4. The van der Waals surface area contributed by atoms with Crippen molar-refractivity contribution in [2.75, 3.05) is 35.0 Å². The molecule has 3 rings (SSSR count). The van der Waals surface area contributed by atoms with Crippen molar-refractivity contribution in [3.8, 4) is 28.5 Å². The quantitative estimate of drug-likeness (QED) is 0.547. The fraction of sp³-hybridized carbons (Fsp3) is 0.227. The second-order valence-electron chi connectivity index (χ2n) is 6.14. The Balaban J connectivity index is 2.14. The standard InChI is InChI=1S/C22H21NO7/c1-26-18-9-13(10-19(27-2)21(18)29-4)17-11-15(22(25)30-12-20(24)28-3)14-7-5-6-8-16(14)23-17/h5-11H,12H2,1-4H3. The zero-order valence-electron chi connectivity index (χ0n) is 17.1. The molecule has 0 aliphatic heterocycles. The van der Waals surface area contributed by atoms with E-state index in [1.807, 2.05) is 6.07 Å². The largest absolute Gasteiger partial charge is 0.493 e. The third-order valence-electron chi connectivity index (χ3n) is 4.45. The smallest absolute Gasteiger partial charge is 0.344 e. The molecule has 0 radical (unpaired) electrons. The second-order valence-corrected chi connectivity index (χ2v) is 6.14. The third-order valence-corrected chi connectivity index (χ3v) is 4.45. The zero-order valence-corrected chi connectivity index (χ0v) is 17.1. The van der Waals surface area contributed by atoms with Gasteiger partial charge in [-0.15, -0.1) is 0 Å². The van der Waals surface area contributed by atoms with E-state index in [1.54, 1.807) is 36.4 Å². The normalized spacial score (nSPS) is 10.4. The molecule has 2 aromatic carbocycles. The van der Waals surface area contributed by atoms with Crippen molar-refractivity contribution in [2.24, 2.45) is 0 Å². The predicted molar refractivity (Wildman–Crippen MR) is 109 cm³/mol. The van der Waals surface area contributed by atoms with Crippen LogP contribution in [0, 0.1) is 0 Å². The van der Waals surface area contributed by atoms with Crippen molar-refractivity contribution in [3.05, 3.63) is 48.0 Å². The van der Waals surface area contributed by atoms with Crippen LogP contribution >= 0.6 is 0 Å². The van der Waals surface area contributed by atoms with E-state index in [0.717, 1.165) is 0 Å². The van der Waals surface area contributed by atoms with Gasteiger partial charge in [0.15, 0.2) is 18.1 Å². The number of pyridine rings is 1. The Morgan fingerprint density at radius 3 is 2.17 bits per heavy atom. The number of ether oxygens (including phenoxy) is 5. The van der Waals surface area contributed by atoms with E-state index in [4.69, 9.17) is 18.9 Å². The number of carbonyl (C=O) groups is 2. The average molecular weight is 411 g/mol. The van der Waals surface area contributed by atoms with Gasteiger partial charge in [0.05, 0.1) is 45.2 Å². The molecule has 0 aliphatic carbocycles. The SMILES string of the molecule is COC(=O)COC(=O)c1cc(-c2cc(OC)c(OC)c(OC)c2)nc2ccccc12. The summed E-state index contributed by atoms with van der Waals surface area (Å²) in [6, 6.07) is 12.2. The maximum Gasteiger partial charge on any atom is 0.344 e. The Bertz CT molecular complexity index is 1070. The third kappa shape index (κ3) is 4.12. The van der Waals surface area contributed by atoms with E-state index < -0.39 is 18.5 Å². The van der Waals surface area contributed by atoms with E-state index >= 15 is 0 Å². The van der Waals surface area contributed by atoms with Gasteiger partial charge in [0.2, 0.25) is 5.75 Å². The molecule has 0 saturated heterocycles. The maximum absolute atomic E-state index is 12.7. The predicted octanol–water partition coefficient (Wildman–Crippen LogP) is 3.26. The Morgan fingerprint density at radius 2 is 1.57 bits per heavy atom. The van der Waals surface area contributed by atoms with Crippen LogP contribution in [0.4, 0.5) is 0 Å². The molecule has 1 aromatic heterocycles. The number of para-hydroxylation sites is 1. The molecule has 0 unspecified atom stereocenters. The molecule has 0 fully saturated rings. The molecule has 3 aromatic rings. The van der Waals surface area contributed by atoms with E-state index in [-0.39, 0.29) is 5.56 Å². The second kappa shape index (κ2) is 9.13. The molecule has 8 nitrogen and oxygen atoms in total. The molecule has 0 atom stereocenters. The summed E-state index contributed by atoms with van der Waals surface area (Å²) in [7, 11) is 5.78. The van der Waals surface area contributed by atoms with Crippen LogP contribution < -0.4 is 14.2 Å². The summed E-state index contributed by atoms with van der Waals surface area (Å²) in [5, 5.41) is 0.601. The molecule has 0 aliphatic rings. The summed E-state index contributed by atoms with van der Waals surface area (Å²) < 4.78 is 25.8. The van der Waals surface area contributed by atoms with E-state index in [9.17, 15) is 9.59 Å². The van der Waals surface area contributed by atoms with Gasteiger partial charge in [-0.2, -0.15) is 0 Å². The van der Waals surface area contributed by atoms with E-state index in [0.29, 0.717) is 39.4 Å². The Kier molecular flexibility index (Phi) is 6.36. The van der Waals surface area contributed by atoms with Crippen LogP contribution in [0.2, 0.25) is 0 Å². The number of benzene rings is 2. The molecule has 0 saturated carbocycles. The summed E-state index contributed by atoms with van der Waals surface area (Å²) in [6.45, 7) is -0.481. The van der Waals surface area contributed by atoms with Crippen LogP contribution in [0.3, 0.4) is 0 Å². The lowest BCUT2D eigenvalue weighted by Gasteiger charge is -2.15. The molecule has 0 amide bonds. The number of aromatic nitrogens is 1. The van der Waals surface area contributed by atoms with Crippen LogP contribution in [0.5, 0.6) is 17.2 Å². The molecule has 0 N–H and O–H groups in total. The molecule has 0 bridgehead atoms. The van der Waals surface area contributed by atoms with Crippen LogP contribution in [0.25, 0.3) is 22.2 Å². The first-order chi connectivity index (χ1) is 14.5. The van der Waals surface area contributed by atoms with Crippen molar-refractivity contribution in [1.82, 2.24) is 4.98 Å². The Morgan fingerprint density at radius 1 is 0.900 bits per heavy atom. The molecular formula is C22H21NO7. The summed E-state index contributed by atoms with van der Waals surface area (Å²) in [6.07, 6.45) is 0. The van der Waals surface area contributed by atoms with Crippen molar-refractivity contribution in [1.29, 1.82) is 0 Å². The van der Waals surface area contributed by atoms with Crippen molar-refractivity contribution >= 4 is 22.8 Å². The van der Waals surface area contributed by atoms with Crippen molar-refractivity contribution in [3.63, 3.8) is 0 Å². The number of hydrogen-bond donors (Lipinski definition) is 0. The fourth-order valence-corrected chi connectivity index (χ4v) is 2.98. The van der Waals surface area contributed by atoms with Gasteiger partial charge in [0, 0.05) is 10.9 Å². The summed E-state index contributed by atoms with van der Waals surface area (Å²) in [5.74, 6) is 0.0507. The Labute approximate surface area is 173 Å². The van der Waals surface area contributed by atoms with Crippen molar-refractivity contribution < 1.29 is 33.3 Å². The molecule has 30 heavy (non-hydrogen) atoms. The van der Waals surface area contributed by atoms with Crippen LogP contribution in [0.15, 0.2) is 42.5 Å². The lowest BCUT2D eigenvalue weighted by Crippen LogP contribution is -2.15. The van der Waals surface area contributed by atoms with Gasteiger partial charge in [-0.1, -0.05) is 18.2 Å². The van der Waals surface area contributed by atoms with E-state index in [1.165, 1.54) is 28.4 Å². The highest BCUT2D eigenvalue weighted by Gasteiger charge is 2.19. The maximum atomic E-state index is 12.7. The molecular weight excluding hydrogens is 390 g/mol. The first-order valence-corrected chi connectivity index (χ1v) is 8.96. The Hall–Kier alpha value is -3.81. The van der Waals surface area contributed by atoms with Gasteiger partial charge in [-0.3, -0.25) is 0 Å². The highest BCUT2D eigenvalue weighted by molar-refractivity contribution is 6.05. The highest BCUT2D eigenvalue weighted by Crippen LogP contribution is 2.41. The first-order valence-electron chi connectivity index (χ1n) is 8.96. The zero-order chi connectivity index (χ0) is 21.7. The topological polar surface area (TPSA) is 93.2 Å². The lowest BCUT2D eigenvalue weighted by atomic mass is 10.0. The summed E-state index contributed by atoms with van der Waals surface area (Å²) in [4.78, 5) is 28.7. The average Bonchev–Trinajstić information content (AvgIpc) is 2.80. The monoisotopic (exact) mass is 411 g/mol. The molecule has 0 spiro atoms. The highest BCUT2D eigenvalue weighted by atomic mass is 16.6. The number of fused-ring (bicyclic) bond motifs is 1. The van der Waals surface area contributed by atoms with Crippen LogP contribution in [-0.2, 0) is 14.3 Å². The molecule has 156 valence electrons.